The maximum Gasteiger partial charge on any atom is 0.266 e. The number of benzene rings is 2. The molecule has 1 N–H and O–H groups in total. The Hall–Kier alpha value is -2.04. The van der Waals surface area contributed by atoms with Crippen LogP contribution in [0.3, 0.4) is 0 Å². The van der Waals surface area contributed by atoms with Gasteiger partial charge in [0, 0.05) is 28.9 Å². The van der Waals surface area contributed by atoms with Crippen LogP contribution < -0.4 is 5.32 Å². The summed E-state index contributed by atoms with van der Waals surface area (Å²) in [7, 11) is -3.83. The van der Waals surface area contributed by atoms with Gasteiger partial charge in [-0.1, -0.05) is 17.7 Å². The Bertz CT molecular complexity index is 1240. The van der Waals surface area contributed by atoms with E-state index in [9.17, 15) is 17.6 Å². The van der Waals surface area contributed by atoms with Crippen LogP contribution in [0.25, 0.3) is 10.1 Å². The number of anilines is 1. The molecule has 3 aromatic rings. The average Bonchev–Trinajstić information content (AvgIpc) is 3.08. The number of amides is 1. The van der Waals surface area contributed by atoms with Gasteiger partial charge in [-0.3, -0.25) is 4.79 Å². The van der Waals surface area contributed by atoms with E-state index in [1.165, 1.54) is 39.9 Å². The number of hydrogen-bond acceptors (Lipinski definition) is 5. The minimum Gasteiger partial charge on any atom is -0.379 e. The number of carbonyl (C=O) groups is 1. The van der Waals surface area contributed by atoms with Crippen LogP contribution in [0, 0.1) is 12.7 Å². The van der Waals surface area contributed by atoms with E-state index in [1.807, 2.05) is 0 Å². The van der Waals surface area contributed by atoms with Gasteiger partial charge in [0.15, 0.2) is 0 Å². The Morgan fingerprint density at radius 1 is 1.23 bits per heavy atom. The van der Waals surface area contributed by atoms with Crippen LogP contribution in [-0.2, 0) is 14.8 Å². The molecule has 10 heteroatoms. The number of nitrogens with one attached hydrogen (secondary N) is 1. The summed E-state index contributed by atoms with van der Waals surface area (Å²) in [5.41, 5.74) is 0.828. The minimum atomic E-state index is -3.83. The van der Waals surface area contributed by atoms with Crippen LogP contribution in [0.5, 0.6) is 0 Å². The van der Waals surface area contributed by atoms with Crippen molar-refractivity contribution in [2.45, 2.75) is 11.8 Å². The molecule has 0 radical (unpaired) electrons. The van der Waals surface area contributed by atoms with Gasteiger partial charge in [-0.15, -0.1) is 11.3 Å². The molecule has 0 saturated carbocycles. The molecule has 0 atom stereocenters. The molecule has 6 nitrogen and oxygen atoms in total. The molecule has 30 heavy (non-hydrogen) atoms. The first kappa shape index (κ1) is 21.2. The second kappa shape index (κ2) is 8.24. The van der Waals surface area contributed by atoms with E-state index in [4.69, 9.17) is 16.3 Å². The number of aryl methyl sites for hydroxylation is 1. The summed E-state index contributed by atoms with van der Waals surface area (Å²) in [6, 6.07) is 9.00. The first-order chi connectivity index (χ1) is 14.3. The summed E-state index contributed by atoms with van der Waals surface area (Å²) in [4.78, 5) is 13.1. The zero-order valence-corrected chi connectivity index (χ0v) is 18.3. The fourth-order valence-electron chi connectivity index (χ4n) is 3.36. The number of carbonyl (C=O) groups excluding carboxylic acids is 1. The van der Waals surface area contributed by atoms with Crippen molar-refractivity contribution in [2.75, 3.05) is 31.6 Å². The van der Waals surface area contributed by atoms with Crippen LogP contribution in [0.2, 0.25) is 5.02 Å². The van der Waals surface area contributed by atoms with Gasteiger partial charge in [0.25, 0.3) is 5.91 Å². The average molecular weight is 469 g/mol. The highest BCUT2D eigenvalue weighted by molar-refractivity contribution is 7.89. The van der Waals surface area contributed by atoms with E-state index < -0.39 is 15.9 Å². The molecule has 2 heterocycles. The van der Waals surface area contributed by atoms with Crippen molar-refractivity contribution in [2.24, 2.45) is 0 Å². The standard InChI is InChI=1S/C20H18ClFN2O4S2/c1-12-18-15(22)3-2-4-16(18)29-19(12)20(25)23-13-5-6-14(21)17(11-13)30(26,27)24-7-9-28-10-8-24/h2-6,11H,7-10H2,1H3,(H,23,25). The van der Waals surface area contributed by atoms with E-state index in [-0.39, 0.29) is 34.5 Å². The quantitative estimate of drug-likeness (QED) is 0.620. The number of sulfonamides is 1. The first-order valence-corrected chi connectivity index (χ1v) is 11.8. The highest BCUT2D eigenvalue weighted by atomic mass is 35.5. The monoisotopic (exact) mass is 468 g/mol. The summed E-state index contributed by atoms with van der Waals surface area (Å²) in [6.45, 7) is 2.79. The zero-order valence-electron chi connectivity index (χ0n) is 15.9. The lowest BCUT2D eigenvalue weighted by Crippen LogP contribution is -2.40. The van der Waals surface area contributed by atoms with E-state index in [0.717, 1.165) is 0 Å². The Labute approximate surface area is 182 Å². The summed E-state index contributed by atoms with van der Waals surface area (Å²) in [5, 5.41) is 3.19. The fourth-order valence-corrected chi connectivity index (χ4v) is 6.39. The third kappa shape index (κ3) is 3.83. The molecular formula is C20H18ClFN2O4S2. The third-order valence-corrected chi connectivity index (χ3v) is 8.52. The topological polar surface area (TPSA) is 75.7 Å². The van der Waals surface area contributed by atoms with E-state index in [2.05, 4.69) is 5.32 Å². The molecule has 0 spiro atoms. The second-order valence-corrected chi connectivity index (χ2v) is 10.2. The number of fused-ring (bicyclic) bond motifs is 1. The number of rotatable bonds is 4. The van der Waals surface area contributed by atoms with Crippen LogP contribution in [-0.4, -0.2) is 44.9 Å². The van der Waals surface area contributed by atoms with Crippen molar-refractivity contribution in [1.29, 1.82) is 0 Å². The van der Waals surface area contributed by atoms with Crippen LogP contribution >= 0.6 is 22.9 Å². The lowest BCUT2D eigenvalue weighted by Gasteiger charge is -2.26. The molecular weight excluding hydrogens is 451 g/mol. The van der Waals surface area contributed by atoms with Crippen molar-refractivity contribution in [3.05, 3.63) is 57.7 Å². The van der Waals surface area contributed by atoms with Crippen LogP contribution in [0.4, 0.5) is 10.1 Å². The Morgan fingerprint density at radius 2 is 1.97 bits per heavy atom. The van der Waals surface area contributed by atoms with Gasteiger partial charge in [-0.2, -0.15) is 4.31 Å². The Balaban J connectivity index is 1.65. The summed E-state index contributed by atoms with van der Waals surface area (Å²) in [6.07, 6.45) is 0. The number of nitrogens with zero attached hydrogens (tertiary/aromatic N) is 1. The van der Waals surface area contributed by atoms with Crippen molar-refractivity contribution in [1.82, 2.24) is 4.31 Å². The normalized spacial score (nSPS) is 15.4. The maximum atomic E-state index is 14.1. The number of halogens is 2. The van der Waals surface area contributed by atoms with E-state index in [1.54, 1.807) is 19.1 Å². The zero-order chi connectivity index (χ0) is 21.5. The summed E-state index contributed by atoms with van der Waals surface area (Å²) < 4.78 is 47.2. The number of morpholine rings is 1. The number of hydrogen-bond donors (Lipinski definition) is 1. The summed E-state index contributed by atoms with van der Waals surface area (Å²) in [5.74, 6) is -0.823. The van der Waals surface area contributed by atoms with Crippen molar-refractivity contribution in [3.63, 3.8) is 0 Å². The maximum absolute atomic E-state index is 14.1. The van der Waals surface area contributed by atoms with Crippen LogP contribution in [0.1, 0.15) is 15.2 Å². The minimum absolute atomic E-state index is 0.0691. The van der Waals surface area contributed by atoms with E-state index in [0.29, 0.717) is 33.7 Å². The predicted octanol–water partition coefficient (Wildman–Crippen LogP) is 4.28. The molecule has 1 aromatic heterocycles. The number of thiophene rings is 1. The molecule has 1 fully saturated rings. The van der Waals surface area contributed by atoms with Gasteiger partial charge in [0.1, 0.15) is 10.7 Å². The highest BCUT2D eigenvalue weighted by Gasteiger charge is 2.29. The van der Waals surface area contributed by atoms with Gasteiger partial charge in [0.05, 0.1) is 23.1 Å². The van der Waals surface area contributed by atoms with Crippen molar-refractivity contribution < 1.29 is 22.3 Å². The molecule has 1 aliphatic rings. The largest absolute Gasteiger partial charge is 0.379 e. The second-order valence-electron chi connectivity index (χ2n) is 6.78. The molecule has 0 bridgehead atoms. The Morgan fingerprint density at radius 3 is 2.67 bits per heavy atom. The summed E-state index contributed by atoms with van der Waals surface area (Å²) >= 11 is 7.34. The smallest absolute Gasteiger partial charge is 0.266 e. The van der Waals surface area contributed by atoms with Crippen molar-refractivity contribution >= 4 is 54.6 Å². The predicted molar refractivity (Wildman–Crippen MR) is 116 cm³/mol. The molecule has 0 unspecified atom stereocenters. The van der Waals surface area contributed by atoms with Gasteiger partial charge in [0.2, 0.25) is 10.0 Å². The molecule has 0 aliphatic carbocycles. The van der Waals surface area contributed by atoms with Gasteiger partial charge >= 0.3 is 0 Å². The highest BCUT2D eigenvalue weighted by Crippen LogP contribution is 2.34. The SMILES string of the molecule is Cc1c(C(=O)Nc2ccc(Cl)c(S(=O)(=O)N3CCOCC3)c2)sc2cccc(F)c12. The first-order valence-electron chi connectivity index (χ1n) is 9.15. The molecule has 1 aliphatic heterocycles. The molecule has 1 amide bonds. The van der Waals surface area contributed by atoms with Crippen LogP contribution in [0.15, 0.2) is 41.3 Å². The van der Waals surface area contributed by atoms with Crippen molar-refractivity contribution in [3.8, 4) is 0 Å². The Kier molecular flexibility index (Phi) is 5.82. The molecule has 1 saturated heterocycles. The molecule has 158 valence electrons. The molecule has 4 rings (SSSR count). The molecule has 2 aromatic carbocycles. The van der Waals surface area contributed by atoms with Gasteiger partial charge in [-0.25, -0.2) is 12.8 Å². The third-order valence-electron chi connectivity index (χ3n) is 4.89. The lowest BCUT2D eigenvalue weighted by molar-refractivity contribution is 0.0730. The lowest BCUT2D eigenvalue weighted by atomic mass is 10.1. The number of ether oxygens (including phenoxy) is 1. The van der Waals surface area contributed by atoms with Gasteiger partial charge in [-0.05, 0) is 42.8 Å². The van der Waals surface area contributed by atoms with E-state index >= 15 is 0 Å². The van der Waals surface area contributed by atoms with Gasteiger partial charge < -0.3 is 10.1 Å². The fraction of sp³-hybridized carbons (Fsp3) is 0.250.